The molecule has 1 aromatic heterocycles. The Labute approximate surface area is 144 Å². The van der Waals surface area contributed by atoms with Gasteiger partial charge in [0.15, 0.2) is 0 Å². The highest BCUT2D eigenvalue weighted by atomic mass is 19.1. The fraction of sp³-hybridized carbons (Fsp3) is 0.0526. The van der Waals surface area contributed by atoms with Crippen molar-refractivity contribution in [2.24, 2.45) is 0 Å². The maximum absolute atomic E-state index is 13.0. The summed E-state index contributed by atoms with van der Waals surface area (Å²) in [5, 5.41) is 5.81. The molecule has 0 aliphatic heterocycles. The van der Waals surface area contributed by atoms with Crippen molar-refractivity contribution in [3.05, 3.63) is 83.8 Å². The first-order valence-corrected chi connectivity index (χ1v) is 7.73. The number of amides is 1. The zero-order valence-electron chi connectivity index (χ0n) is 13.4. The predicted molar refractivity (Wildman–Crippen MR) is 96.8 cm³/mol. The van der Waals surface area contributed by atoms with Crippen molar-refractivity contribution in [3.63, 3.8) is 0 Å². The van der Waals surface area contributed by atoms with E-state index in [-0.39, 0.29) is 5.91 Å². The Balaban J connectivity index is 1.61. The Kier molecular flexibility index (Phi) is 4.89. The van der Waals surface area contributed by atoms with E-state index in [9.17, 15) is 9.18 Å². The molecule has 0 fully saturated rings. The second-order valence-electron chi connectivity index (χ2n) is 5.44. The number of hydrogen-bond donors (Lipinski definition) is 3. The highest BCUT2D eigenvalue weighted by molar-refractivity contribution is 6.05. The number of benzene rings is 2. The number of aromatic nitrogens is 1. The van der Waals surface area contributed by atoms with Gasteiger partial charge in [-0.3, -0.25) is 4.79 Å². The van der Waals surface area contributed by atoms with Crippen molar-refractivity contribution in [2.75, 3.05) is 16.4 Å². The molecule has 3 rings (SSSR count). The van der Waals surface area contributed by atoms with Gasteiger partial charge in [0.05, 0.1) is 11.4 Å². The number of hydrogen-bond acceptors (Lipinski definition) is 4. The van der Waals surface area contributed by atoms with Crippen LogP contribution in [-0.2, 0) is 6.54 Å². The van der Waals surface area contributed by atoms with Crippen LogP contribution < -0.4 is 16.4 Å². The predicted octanol–water partition coefficient (Wildman–Crippen LogP) is 3.67. The third kappa shape index (κ3) is 4.32. The van der Waals surface area contributed by atoms with Gasteiger partial charge in [0.1, 0.15) is 5.82 Å². The minimum Gasteiger partial charge on any atom is -0.397 e. The number of carbonyl (C=O) groups excluding carboxylic acids is 1. The minimum atomic E-state index is -0.530. The van der Waals surface area contributed by atoms with Gasteiger partial charge in [0.25, 0.3) is 5.91 Å². The maximum Gasteiger partial charge on any atom is 0.255 e. The van der Waals surface area contributed by atoms with Crippen LogP contribution >= 0.6 is 0 Å². The summed E-state index contributed by atoms with van der Waals surface area (Å²) in [7, 11) is 0. The van der Waals surface area contributed by atoms with Crippen LogP contribution in [0.3, 0.4) is 0 Å². The summed E-state index contributed by atoms with van der Waals surface area (Å²) in [6.07, 6.45) is 0. The number of carbonyl (C=O) groups is 1. The lowest BCUT2D eigenvalue weighted by molar-refractivity contribution is 0.102. The van der Waals surface area contributed by atoms with Gasteiger partial charge in [-0.25, -0.2) is 4.98 Å². The molecule has 0 unspecified atom stereocenters. The molecule has 0 atom stereocenters. The third-order valence-electron chi connectivity index (χ3n) is 3.61. The number of pyridine rings is 1. The van der Waals surface area contributed by atoms with Crippen LogP contribution in [0.2, 0.25) is 0 Å². The van der Waals surface area contributed by atoms with Crippen LogP contribution in [0, 0.1) is 5.95 Å². The molecule has 5 nitrogen and oxygen atoms in total. The molecule has 0 aliphatic rings. The lowest BCUT2D eigenvalue weighted by Gasteiger charge is -2.09. The molecule has 0 spiro atoms. The van der Waals surface area contributed by atoms with Gasteiger partial charge < -0.3 is 16.4 Å². The zero-order valence-corrected chi connectivity index (χ0v) is 13.4. The van der Waals surface area contributed by atoms with E-state index in [1.165, 1.54) is 6.07 Å². The molecular formula is C19H17FN4O. The van der Waals surface area contributed by atoms with Crippen LogP contribution in [0.4, 0.5) is 21.6 Å². The summed E-state index contributed by atoms with van der Waals surface area (Å²) in [5.74, 6) is -0.303. The third-order valence-corrected chi connectivity index (χ3v) is 3.61. The van der Waals surface area contributed by atoms with Crippen molar-refractivity contribution in [3.8, 4) is 0 Å². The standard InChI is InChI=1S/C19H17FN4O/c20-17-6-3-7-18(24-17)22-12-13-8-10-14(11-9-13)19(25)23-16-5-2-1-4-15(16)21/h1-11H,12,21H2,(H,22,24)(H,23,25). The van der Waals surface area contributed by atoms with Crippen LogP contribution in [-0.4, -0.2) is 10.9 Å². The monoisotopic (exact) mass is 336 g/mol. The Morgan fingerprint density at radius 1 is 1.00 bits per heavy atom. The van der Waals surface area contributed by atoms with E-state index in [0.717, 1.165) is 5.56 Å². The molecule has 1 amide bonds. The first-order valence-electron chi connectivity index (χ1n) is 7.73. The van der Waals surface area contributed by atoms with Crippen LogP contribution in [0.1, 0.15) is 15.9 Å². The number of anilines is 3. The maximum atomic E-state index is 13.0. The number of nitrogen functional groups attached to an aromatic ring is 1. The molecule has 25 heavy (non-hydrogen) atoms. The summed E-state index contributed by atoms with van der Waals surface area (Å²) in [6, 6.07) is 18.8. The summed E-state index contributed by atoms with van der Waals surface area (Å²) in [6.45, 7) is 0.476. The molecule has 126 valence electrons. The van der Waals surface area contributed by atoms with Gasteiger partial charge in [0.2, 0.25) is 5.95 Å². The summed E-state index contributed by atoms with van der Waals surface area (Å²) < 4.78 is 13.0. The number of halogens is 1. The van der Waals surface area contributed by atoms with Crippen molar-refractivity contribution < 1.29 is 9.18 Å². The second kappa shape index (κ2) is 7.44. The molecule has 3 aromatic rings. The fourth-order valence-corrected chi connectivity index (χ4v) is 2.28. The molecule has 0 saturated carbocycles. The average Bonchev–Trinajstić information content (AvgIpc) is 2.62. The summed E-state index contributed by atoms with van der Waals surface area (Å²) in [4.78, 5) is 16.0. The fourth-order valence-electron chi connectivity index (χ4n) is 2.28. The first-order chi connectivity index (χ1) is 12.1. The average molecular weight is 336 g/mol. The van der Waals surface area contributed by atoms with Gasteiger partial charge in [-0.2, -0.15) is 4.39 Å². The van der Waals surface area contributed by atoms with Gasteiger partial charge in [-0.15, -0.1) is 0 Å². The Bertz CT molecular complexity index is 881. The molecule has 2 aromatic carbocycles. The topological polar surface area (TPSA) is 80.0 Å². The quantitative estimate of drug-likeness (QED) is 0.491. The lowest BCUT2D eigenvalue weighted by Crippen LogP contribution is -2.13. The number of rotatable bonds is 5. The van der Waals surface area contributed by atoms with Gasteiger partial charge in [-0.1, -0.05) is 30.3 Å². The second-order valence-corrected chi connectivity index (χ2v) is 5.44. The smallest absolute Gasteiger partial charge is 0.255 e. The van der Waals surface area contributed by atoms with Gasteiger partial charge in [-0.05, 0) is 42.0 Å². The molecule has 0 aliphatic carbocycles. The van der Waals surface area contributed by atoms with E-state index < -0.39 is 5.95 Å². The number of nitrogens with zero attached hydrogens (tertiary/aromatic N) is 1. The Morgan fingerprint density at radius 2 is 1.76 bits per heavy atom. The van der Waals surface area contributed by atoms with Crippen molar-refractivity contribution in [2.45, 2.75) is 6.54 Å². The van der Waals surface area contributed by atoms with E-state index in [2.05, 4.69) is 15.6 Å². The molecule has 1 heterocycles. The number of nitrogens with one attached hydrogen (secondary N) is 2. The first kappa shape index (κ1) is 16.4. The molecule has 6 heteroatoms. The van der Waals surface area contributed by atoms with E-state index in [4.69, 9.17) is 5.73 Å². The van der Waals surface area contributed by atoms with Gasteiger partial charge in [0, 0.05) is 12.1 Å². The number of nitrogens with two attached hydrogens (primary N) is 1. The highest BCUT2D eigenvalue weighted by Crippen LogP contribution is 2.18. The van der Waals surface area contributed by atoms with Gasteiger partial charge >= 0.3 is 0 Å². The summed E-state index contributed by atoms with van der Waals surface area (Å²) >= 11 is 0. The van der Waals surface area contributed by atoms with Crippen LogP contribution in [0.5, 0.6) is 0 Å². The van der Waals surface area contributed by atoms with Crippen LogP contribution in [0.15, 0.2) is 66.7 Å². The molecule has 4 N–H and O–H groups in total. The highest BCUT2D eigenvalue weighted by Gasteiger charge is 2.07. The van der Waals surface area contributed by atoms with E-state index >= 15 is 0 Å². The Morgan fingerprint density at radius 3 is 2.48 bits per heavy atom. The number of para-hydroxylation sites is 2. The SMILES string of the molecule is Nc1ccccc1NC(=O)c1ccc(CNc2cccc(F)n2)cc1. The molecule has 0 bridgehead atoms. The minimum absolute atomic E-state index is 0.232. The van der Waals surface area contributed by atoms with Crippen LogP contribution in [0.25, 0.3) is 0 Å². The zero-order chi connectivity index (χ0) is 17.6. The normalized spacial score (nSPS) is 10.3. The Hall–Kier alpha value is -3.41. The largest absolute Gasteiger partial charge is 0.397 e. The van der Waals surface area contributed by atoms with E-state index in [1.54, 1.807) is 48.5 Å². The van der Waals surface area contributed by atoms with E-state index in [0.29, 0.717) is 29.3 Å². The van der Waals surface area contributed by atoms with Crippen molar-refractivity contribution in [1.82, 2.24) is 4.98 Å². The van der Waals surface area contributed by atoms with Crippen molar-refractivity contribution >= 4 is 23.1 Å². The lowest BCUT2D eigenvalue weighted by atomic mass is 10.1. The molecular weight excluding hydrogens is 319 g/mol. The van der Waals surface area contributed by atoms with Crippen molar-refractivity contribution in [1.29, 1.82) is 0 Å². The summed E-state index contributed by atoms with van der Waals surface area (Å²) in [5.41, 5.74) is 8.38. The van der Waals surface area contributed by atoms with E-state index in [1.807, 2.05) is 12.1 Å². The molecule has 0 radical (unpaired) electrons. The molecule has 0 saturated heterocycles.